The highest BCUT2D eigenvalue weighted by Gasteiger charge is 2.40. The molecule has 7 aromatic rings. The predicted octanol–water partition coefficient (Wildman–Crippen LogP) is 9.33. The molecule has 420 valence electrons. The van der Waals surface area contributed by atoms with E-state index in [1.54, 1.807) is 73.3 Å². The predicted molar refractivity (Wildman–Crippen MR) is 316 cm³/mol. The minimum atomic E-state index is -3.55. The molecule has 80 heavy (non-hydrogen) atoms. The summed E-state index contributed by atoms with van der Waals surface area (Å²) in [5, 5.41) is 13.1. The molecular weight excluding hydrogens is 1170 g/mol. The summed E-state index contributed by atoms with van der Waals surface area (Å²) in [7, 11) is -7.02. The monoisotopic (exact) mass is 1230 g/mol. The van der Waals surface area contributed by atoms with Gasteiger partial charge >= 0.3 is 11.1 Å². The maximum absolute atomic E-state index is 13.6. The Hall–Kier alpha value is -6.33. The molecule has 5 heterocycles. The summed E-state index contributed by atoms with van der Waals surface area (Å²) in [5.41, 5.74) is 4.86. The zero-order valence-corrected chi connectivity index (χ0v) is 49.0. The Balaban J connectivity index is 0.000000182. The molecule has 0 radical (unpaired) electrons. The summed E-state index contributed by atoms with van der Waals surface area (Å²) in [6.45, 7) is 8.02. The van der Waals surface area contributed by atoms with Crippen LogP contribution in [0.2, 0.25) is 10.0 Å². The van der Waals surface area contributed by atoms with E-state index >= 15 is 0 Å². The topological polar surface area (TPSA) is 194 Å². The molecule has 0 amide bonds. The van der Waals surface area contributed by atoms with Gasteiger partial charge in [-0.2, -0.15) is 28.2 Å². The Morgan fingerprint density at radius 2 is 0.963 bits per heavy atom. The molecule has 11 rings (SSSR count). The van der Waals surface area contributed by atoms with E-state index in [4.69, 9.17) is 32.7 Å². The van der Waals surface area contributed by atoms with Crippen molar-refractivity contribution in [2.75, 3.05) is 80.7 Å². The zero-order chi connectivity index (χ0) is 56.2. The van der Waals surface area contributed by atoms with Crippen LogP contribution >= 0.6 is 39.1 Å². The van der Waals surface area contributed by atoms with Crippen molar-refractivity contribution in [3.8, 4) is 22.9 Å². The maximum atomic E-state index is 13.6. The second-order valence-electron chi connectivity index (χ2n) is 21.3. The van der Waals surface area contributed by atoms with Crippen LogP contribution in [0.5, 0.6) is 11.5 Å². The highest BCUT2D eigenvalue weighted by molar-refractivity contribution is 9.10. The van der Waals surface area contributed by atoms with Gasteiger partial charge in [0.2, 0.25) is 31.5 Å². The molecule has 0 unspecified atom stereocenters. The van der Waals surface area contributed by atoms with E-state index in [0.29, 0.717) is 104 Å². The quantitative estimate of drug-likeness (QED) is 0.0854. The lowest BCUT2D eigenvalue weighted by Crippen LogP contribution is -2.49. The van der Waals surface area contributed by atoms with Gasteiger partial charge in [-0.05, 0) is 110 Å². The van der Waals surface area contributed by atoms with Gasteiger partial charge in [0.25, 0.3) is 0 Å². The van der Waals surface area contributed by atoms with Crippen molar-refractivity contribution in [1.29, 1.82) is 0 Å². The SMILES string of the molecule is CC1(COc2c(N3CCN(S(=O)(=O)Cc4ccc(Br)cc4)CC3)cnn(-c3cccc(Cl)c3)c2=O)CC1.CC1(COc2c(N3CCN(S(=O)(=O)Cc4ccc(Nc5ccncc5)cc4)CC3)cnn(-c3cccc(Cl)c3)c2=O)CC1. The van der Waals surface area contributed by atoms with Gasteiger partial charge in [0.1, 0.15) is 11.4 Å². The van der Waals surface area contributed by atoms with E-state index in [1.807, 2.05) is 70.5 Å². The molecule has 23 heteroatoms. The first-order valence-electron chi connectivity index (χ1n) is 26.3. The van der Waals surface area contributed by atoms with E-state index in [1.165, 1.54) is 18.0 Å². The summed E-state index contributed by atoms with van der Waals surface area (Å²) in [6, 6.07) is 32.3. The number of piperazine rings is 2. The van der Waals surface area contributed by atoms with Gasteiger partial charge in [-0.25, -0.2) is 16.8 Å². The molecule has 18 nitrogen and oxygen atoms in total. The number of nitrogens with one attached hydrogen (secondary N) is 1. The standard InChI is InChI=1S/C31H33ClN6O4S.C26H28BrClN4O4S/c1-31(11-12-31)22-42-29-28(20-34-38(30(29)39)27-4-2-3-24(32)19-27)36-15-17-37(18-16-36)43(40,41)21-23-5-7-25(8-6-23)35-26-9-13-33-14-10-26;1-26(9-10-26)18-36-24-23(16-29-32(25(24)33)22-4-2-3-21(28)15-22)30-11-13-31(14-12-30)37(34,35)17-19-5-7-20(27)8-6-19/h2-10,13-14,19-20H,11-12,15-18,21-22H2,1H3,(H,33,35);2-8,15-16H,9-14,17-18H2,1H3. The van der Waals surface area contributed by atoms with E-state index in [9.17, 15) is 26.4 Å². The van der Waals surface area contributed by atoms with Gasteiger partial charge in [-0.15, -0.1) is 0 Å². The average molecular weight is 1230 g/mol. The fourth-order valence-corrected chi connectivity index (χ4v) is 12.9. The highest BCUT2D eigenvalue weighted by Crippen LogP contribution is 2.46. The van der Waals surface area contributed by atoms with Crippen LogP contribution in [0.25, 0.3) is 11.4 Å². The van der Waals surface area contributed by atoms with E-state index < -0.39 is 20.0 Å². The number of ether oxygens (including phenoxy) is 2. The number of benzene rings is 4. The Morgan fingerprint density at radius 3 is 1.36 bits per heavy atom. The Morgan fingerprint density at radius 1 is 0.562 bits per heavy atom. The molecule has 0 bridgehead atoms. The Labute approximate surface area is 484 Å². The minimum absolute atomic E-state index is 0.0511. The van der Waals surface area contributed by atoms with Crippen molar-refractivity contribution in [2.24, 2.45) is 10.8 Å². The van der Waals surface area contributed by atoms with Crippen LogP contribution in [-0.4, -0.2) is 116 Å². The summed E-state index contributed by atoms with van der Waals surface area (Å²) in [4.78, 5) is 35.1. The molecule has 1 N–H and O–H groups in total. The summed E-state index contributed by atoms with van der Waals surface area (Å²) in [6.07, 6.45) is 10.9. The summed E-state index contributed by atoms with van der Waals surface area (Å²) in [5.74, 6) is 0.311. The number of pyridine rings is 1. The van der Waals surface area contributed by atoms with E-state index in [2.05, 4.69) is 50.3 Å². The summed E-state index contributed by atoms with van der Waals surface area (Å²) < 4.78 is 71.6. The van der Waals surface area contributed by atoms with Crippen molar-refractivity contribution >= 4 is 81.9 Å². The first kappa shape index (κ1) is 56.9. The van der Waals surface area contributed by atoms with Crippen molar-refractivity contribution in [3.05, 3.63) is 180 Å². The van der Waals surface area contributed by atoms with Gasteiger partial charge in [0, 0.05) is 101 Å². The first-order valence-corrected chi connectivity index (χ1v) is 31.1. The lowest BCUT2D eigenvalue weighted by Gasteiger charge is -2.35. The van der Waals surface area contributed by atoms with Crippen molar-refractivity contribution in [1.82, 2.24) is 33.2 Å². The molecule has 4 fully saturated rings. The average Bonchev–Trinajstić information content (AvgIpc) is 4.44. The first-order chi connectivity index (χ1) is 38.3. The molecule has 2 saturated heterocycles. The Kier molecular flexibility index (Phi) is 17.1. The van der Waals surface area contributed by atoms with Crippen molar-refractivity contribution in [3.63, 3.8) is 0 Å². The number of sulfonamides is 2. The molecule has 0 atom stereocenters. The number of anilines is 4. The van der Waals surface area contributed by atoms with Gasteiger partial charge < -0.3 is 24.6 Å². The highest BCUT2D eigenvalue weighted by atomic mass is 79.9. The zero-order valence-electron chi connectivity index (χ0n) is 44.3. The van der Waals surface area contributed by atoms with Crippen LogP contribution in [0, 0.1) is 10.8 Å². The molecule has 4 aromatic carbocycles. The molecular formula is C57H61BrCl2N10O8S2. The lowest BCUT2D eigenvalue weighted by molar-refractivity contribution is 0.242. The van der Waals surface area contributed by atoms with Gasteiger partial charge in [0.15, 0.2) is 0 Å². The third-order valence-corrected chi connectivity index (χ3v) is 19.5. The van der Waals surface area contributed by atoms with Gasteiger partial charge in [-0.1, -0.05) is 89.4 Å². The number of hydrogen-bond acceptors (Lipinski definition) is 14. The van der Waals surface area contributed by atoms with E-state index in [0.717, 1.165) is 47.1 Å². The number of halogens is 3. The van der Waals surface area contributed by atoms with Crippen LogP contribution in [0.1, 0.15) is 50.7 Å². The molecule has 4 aliphatic rings. The fraction of sp³-hybridized carbons (Fsp3) is 0.351. The van der Waals surface area contributed by atoms with Crippen molar-refractivity contribution in [2.45, 2.75) is 51.0 Å². The van der Waals surface area contributed by atoms with E-state index in [-0.39, 0.29) is 45.0 Å². The third kappa shape index (κ3) is 14.0. The number of aromatic nitrogens is 5. The summed E-state index contributed by atoms with van der Waals surface area (Å²) >= 11 is 15.7. The second-order valence-corrected chi connectivity index (χ2v) is 27.0. The molecule has 2 saturated carbocycles. The van der Waals surface area contributed by atoms with Crippen LogP contribution in [0.3, 0.4) is 0 Å². The number of nitrogens with zero attached hydrogens (tertiary/aromatic N) is 9. The molecule has 0 spiro atoms. The van der Waals surface area contributed by atoms with Crippen molar-refractivity contribution < 1.29 is 26.3 Å². The van der Waals surface area contributed by atoms with Crippen LogP contribution < -0.4 is 35.7 Å². The maximum Gasteiger partial charge on any atom is 0.316 e. The van der Waals surface area contributed by atoms with Gasteiger partial charge in [0.05, 0.1) is 48.5 Å². The third-order valence-electron chi connectivity index (χ3n) is 14.8. The smallest absolute Gasteiger partial charge is 0.316 e. The molecule has 2 aliphatic heterocycles. The van der Waals surface area contributed by atoms with Gasteiger partial charge in [-0.3, -0.25) is 14.6 Å². The largest absolute Gasteiger partial charge is 0.486 e. The normalized spacial score (nSPS) is 17.0. The molecule has 2 aliphatic carbocycles. The Bertz CT molecular complexity index is 3690. The second kappa shape index (κ2) is 24.0. The fourth-order valence-electron chi connectivity index (χ4n) is 9.26. The number of hydrogen-bond donors (Lipinski definition) is 1. The van der Waals surface area contributed by atoms with Crippen LogP contribution in [-0.2, 0) is 31.6 Å². The number of rotatable bonds is 18. The lowest BCUT2D eigenvalue weighted by atomic mass is 10.2. The van der Waals surface area contributed by atoms with Crippen LogP contribution in [0.4, 0.5) is 22.7 Å². The minimum Gasteiger partial charge on any atom is -0.486 e. The molecule has 3 aromatic heterocycles. The van der Waals surface area contributed by atoms with Crippen LogP contribution in [0.15, 0.2) is 148 Å².